The Hall–Kier alpha value is -0.300. The van der Waals surface area contributed by atoms with Crippen molar-refractivity contribution in [3.8, 4) is 0 Å². The van der Waals surface area contributed by atoms with E-state index in [-0.39, 0.29) is 0 Å². The van der Waals surface area contributed by atoms with E-state index >= 15 is 0 Å². The Kier molecular flexibility index (Phi) is 2.50. The van der Waals surface area contributed by atoms with Crippen LogP contribution in [0, 0.1) is 11.8 Å². The second-order valence-corrected chi connectivity index (χ2v) is 4.16. The Labute approximate surface area is 74.8 Å². The van der Waals surface area contributed by atoms with Crippen molar-refractivity contribution in [1.29, 1.82) is 0 Å². The van der Waals surface area contributed by atoms with Crippen LogP contribution in [0.4, 0.5) is 0 Å². The fraction of sp³-hybridized carbons (Fsp3) is 0.818. The van der Waals surface area contributed by atoms with Gasteiger partial charge in [0.1, 0.15) is 0 Å². The van der Waals surface area contributed by atoms with Crippen LogP contribution in [0.2, 0.25) is 0 Å². The highest BCUT2D eigenvalue weighted by Crippen LogP contribution is 2.45. The molecule has 1 heteroatoms. The zero-order chi connectivity index (χ0) is 8.39. The van der Waals surface area contributed by atoms with Crippen LogP contribution < -0.4 is 0 Å². The van der Waals surface area contributed by atoms with Crippen molar-refractivity contribution in [3.63, 3.8) is 0 Å². The Morgan fingerprint density at radius 3 is 2.83 bits per heavy atom. The van der Waals surface area contributed by atoms with E-state index in [4.69, 9.17) is 4.74 Å². The number of rotatable bonds is 4. The molecule has 12 heavy (non-hydrogen) atoms. The van der Waals surface area contributed by atoms with Gasteiger partial charge in [-0.05, 0) is 43.9 Å². The van der Waals surface area contributed by atoms with E-state index in [1.165, 1.54) is 25.7 Å². The third kappa shape index (κ3) is 1.56. The van der Waals surface area contributed by atoms with Crippen molar-refractivity contribution in [3.05, 3.63) is 12.7 Å². The Morgan fingerprint density at radius 2 is 2.25 bits per heavy atom. The number of hydrogen-bond acceptors (Lipinski definition) is 1. The summed E-state index contributed by atoms with van der Waals surface area (Å²) in [4.78, 5) is 0. The van der Waals surface area contributed by atoms with Gasteiger partial charge in [0.25, 0.3) is 0 Å². The molecule has 0 heterocycles. The smallest absolute Gasteiger partial charge is 0.0606 e. The molecule has 0 aromatic carbocycles. The SMILES string of the molecule is C=CCCOC1CC2CCC1C2. The molecule has 0 spiro atoms. The minimum absolute atomic E-state index is 0.601. The van der Waals surface area contributed by atoms with Gasteiger partial charge in [-0.3, -0.25) is 0 Å². The van der Waals surface area contributed by atoms with Gasteiger partial charge in [0.05, 0.1) is 12.7 Å². The van der Waals surface area contributed by atoms with Crippen LogP contribution in [0.3, 0.4) is 0 Å². The van der Waals surface area contributed by atoms with Crippen LogP contribution in [-0.4, -0.2) is 12.7 Å². The molecule has 0 amide bonds. The minimum atomic E-state index is 0.601. The van der Waals surface area contributed by atoms with Gasteiger partial charge in [-0.2, -0.15) is 0 Å². The van der Waals surface area contributed by atoms with Gasteiger partial charge in [0.15, 0.2) is 0 Å². The van der Waals surface area contributed by atoms with E-state index in [1.807, 2.05) is 6.08 Å². The van der Waals surface area contributed by atoms with Crippen LogP contribution in [0.25, 0.3) is 0 Å². The predicted molar refractivity (Wildman–Crippen MR) is 50.0 cm³/mol. The zero-order valence-electron chi connectivity index (χ0n) is 7.67. The molecule has 0 aromatic heterocycles. The van der Waals surface area contributed by atoms with Gasteiger partial charge in [-0.25, -0.2) is 0 Å². The van der Waals surface area contributed by atoms with Crippen LogP contribution >= 0.6 is 0 Å². The van der Waals surface area contributed by atoms with Gasteiger partial charge in [-0.15, -0.1) is 6.58 Å². The average molecular weight is 166 g/mol. The topological polar surface area (TPSA) is 9.23 Å². The second-order valence-electron chi connectivity index (χ2n) is 4.16. The number of ether oxygens (including phenoxy) is 1. The molecule has 1 nitrogen and oxygen atoms in total. The third-order valence-electron chi connectivity index (χ3n) is 3.33. The lowest BCUT2D eigenvalue weighted by atomic mass is 9.98. The van der Waals surface area contributed by atoms with E-state index in [0.29, 0.717) is 6.10 Å². The van der Waals surface area contributed by atoms with Crippen molar-refractivity contribution in [2.24, 2.45) is 11.8 Å². The highest BCUT2D eigenvalue weighted by Gasteiger charge is 2.39. The molecule has 3 atom stereocenters. The summed E-state index contributed by atoms with van der Waals surface area (Å²) in [6.07, 6.45) is 9.21. The van der Waals surface area contributed by atoms with Crippen LogP contribution in [0.15, 0.2) is 12.7 Å². The van der Waals surface area contributed by atoms with Crippen molar-refractivity contribution < 1.29 is 4.74 Å². The van der Waals surface area contributed by atoms with E-state index in [9.17, 15) is 0 Å². The molecule has 2 rings (SSSR count). The molecule has 2 fully saturated rings. The summed E-state index contributed by atoms with van der Waals surface area (Å²) in [6.45, 7) is 4.58. The van der Waals surface area contributed by atoms with Crippen LogP contribution in [0.5, 0.6) is 0 Å². The summed E-state index contributed by atoms with van der Waals surface area (Å²) in [7, 11) is 0. The molecule has 2 bridgehead atoms. The first-order valence-electron chi connectivity index (χ1n) is 5.12. The van der Waals surface area contributed by atoms with Gasteiger partial charge in [0, 0.05) is 0 Å². The fourth-order valence-electron chi connectivity index (χ4n) is 2.69. The molecule has 2 aliphatic carbocycles. The molecule has 3 unspecified atom stereocenters. The first-order valence-corrected chi connectivity index (χ1v) is 5.12. The maximum absolute atomic E-state index is 5.81. The average Bonchev–Trinajstić information content (AvgIpc) is 2.65. The highest BCUT2D eigenvalue weighted by atomic mass is 16.5. The molecular weight excluding hydrogens is 148 g/mol. The van der Waals surface area contributed by atoms with E-state index in [1.54, 1.807) is 0 Å². The van der Waals surface area contributed by atoms with E-state index in [0.717, 1.165) is 24.9 Å². The molecule has 0 aromatic rings. The van der Waals surface area contributed by atoms with Gasteiger partial charge in [0.2, 0.25) is 0 Å². The van der Waals surface area contributed by atoms with E-state index < -0.39 is 0 Å². The number of fused-ring (bicyclic) bond motifs is 2. The Balaban J connectivity index is 1.72. The normalized spacial score (nSPS) is 38.8. The fourth-order valence-corrected chi connectivity index (χ4v) is 2.69. The largest absolute Gasteiger partial charge is 0.378 e. The molecule has 0 aliphatic heterocycles. The standard InChI is InChI=1S/C11H18O/c1-2-3-6-12-11-8-9-4-5-10(11)7-9/h2,9-11H,1,3-8H2. The van der Waals surface area contributed by atoms with Gasteiger partial charge < -0.3 is 4.74 Å². The molecular formula is C11H18O. The third-order valence-corrected chi connectivity index (χ3v) is 3.33. The first-order chi connectivity index (χ1) is 5.90. The van der Waals surface area contributed by atoms with E-state index in [2.05, 4.69) is 6.58 Å². The highest BCUT2D eigenvalue weighted by molar-refractivity contribution is 4.90. The molecule has 2 saturated carbocycles. The zero-order valence-corrected chi connectivity index (χ0v) is 7.67. The summed E-state index contributed by atoms with van der Waals surface area (Å²) >= 11 is 0. The lowest BCUT2D eigenvalue weighted by Crippen LogP contribution is -2.20. The maximum Gasteiger partial charge on any atom is 0.0606 e. The molecule has 0 N–H and O–H groups in total. The molecule has 68 valence electrons. The van der Waals surface area contributed by atoms with Crippen molar-refractivity contribution >= 4 is 0 Å². The van der Waals surface area contributed by atoms with Gasteiger partial charge in [-0.1, -0.05) is 6.08 Å². The number of hydrogen-bond donors (Lipinski definition) is 0. The summed E-state index contributed by atoms with van der Waals surface area (Å²) in [6, 6.07) is 0. The summed E-state index contributed by atoms with van der Waals surface area (Å²) in [5.74, 6) is 1.91. The van der Waals surface area contributed by atoms with Gasteiger partial charge >= 0.3 is 0 Å². The van der Waals surface area contributed by atoms with Crippen LogP contribution in [-0.2, 0) is 4.74 Å². The molecule has 0 radical (unpaired) electrons. The summed E-state index contributed by atoms with van der Waals surface area (Å²) in [5.41, 5.74) is 0. The van der Waals surface area contributed by atoms with Crippen molar-refractivity contribution in [2.45, 2.75) is 38.2 Å². The maximum atomic E-state index is 5.81. The monoisotopic (exact) mass is 166 g/mol. The summed E-state index contributed by atoms with van der Waals surface area (Å²) in [5, 5.41) is 0. The lowest BCUT2D eigenvalue weighted by Gasteiger charge is -2.21. The minimum Gasteiger partial charge on any atom is -0.378 e. The summed E-state index contributed by atoms with van der Waals surface area (Å²) < 4.78 is 5.81. The Bertz CT molecular complexity index is 164. The molecule has 2 aliphatic rings. The quantitative estimate of drug-likeness (QED) is 0.461. The molecule has 0 saturated heterocycles. The van der Waals surface area contributed by atoms with Crippen molar-refractivity contribution in [1.82, 2.24) is 0 Å². The first kappa shape index (κ1) is 8.31. The lowest BCUT2D eigenvalue weighted by molar-refractivity contribution is 0.0192. The second kappa shape index (κ2) is 3.61. The van der Waals surface area contributed by atoms with Crippen molar-refractivity contribution in [2.75, 3.05) is 6.61 Å². The Morgan fingerprint density at radius 1 is 1.33 bits per heavy atom. The predicted octanol–water partition coefficient (Wildman–Crippen LogP) is 2.77. The van der Waals surface area contributed by atoms with Crippen LogP contribution in [0.1, 0.15) is 32.1 Å².